The van der Waals surface area contributed by atoms with Crippen molar-refractivity contribution >= 4 is 34.2 Å². The van der Waals surface area contributed by atoms with Gasteiger partial charge in [0.1, 0.15) is 5.82 Å². The van der Waals surface area contributed by atoms with Gasteiger partial charge in [0.15, 0.2) is 0 Å². The van der Waals surface area contributed by atoms with Crippen molar-refractivity contribution in [2.75, 3.05) is 5.32 Å². The minimum absolute atomic E-state index is 0.181. The van der Waals surface area contributed by atoms with Crippen molar-refractivity contribution in [3.8, 4) is 11.4 Å². The number of carbonyl (C=O) groups excluding carboxylic acids is 1. The maximum atomic E-state index is 12.4. The third-order valence-corrected chi connectivity index (χ3v) is 4.38. The number of nitrogens with zero attached hydrogens (tertiary/aromatic N) is 1. The number of fused-ring (bicyclic) bond motifs is 1. The van der Waals surface area contributed by atoms with Crippen LogP contribution in [0.4, 0.5) is 5.69 Å². The number of hydrogen-bond acceptors (Lipinski definition) is 2. The van der Waals surface area contributed by atoms with Crippen LogP contribution in [-0.2, 0) is 0 Å². The van der Waals surface area contributed by atoms with Gasteiger partial charge in [-0.1, -0.05) is 35.9 Å². The number of amides is 1. The van der Waals surface area contributed by atoms with Crippen LogP contribution in [0.5, 0.6) is 0 Å². The van der Waals surface area contributed by atoms with Crippen molar-refractivity contribution in [3.05, 3.63) is 82.9 Å². The number of benzene rings is 3. The molecule has 0 spiro atoms. The van der Waals surface area contributed by atoms with E-state index in [9.17, 15) is 4.79 Å². The smallest absolute Gasteiger partial charge is 0.255 e. The van der Waals surface area contributed by atoms with E-state index in [1.165, 1.54) is 5.56 Å². The van der Waals surface area contributed by atoms with E-state index in [1.54, 1.807) is 36.4 Å². The van der Waals surface area contributed by atoms with Gasteiger partial charge in [0.2, 0.25) is 0 Å². The average molecular weight is 362 g/mol. The Kier molecular flexibility index (Phi) is 4.19. The number of hydrogen-bond donors (Lipinski definition) is 2. The fraction of sp³-hybridized carbons (Fsp3) is 0.0476. The average Bonchev–Trinajstić information content (AvgIpc) is 3.05. The summed E-state index contributed by atoms with van der Waals surface area (Å²) in [5.74, 6) is 0.603. The Balaban J connectivity index is 1.56. The third kappa shape index (κ3) is 3.32. The summed E-state index contributed by atoms with van der Waals surface area (Å²) in [6, 6.07) is 20.5. The molecule has 4 rings (SSSR count). The molecule has 26 heavy (non-hydrogen) atoms. The van der Waals surface area contributed by atoms with Crippen LogP contribution in [-0.4, -0.2) is 15.9 Å². The Morgan fingerprint density at radius 2 is 1.85 bits per heavy atom. The second kappa shape index (κ2) is 6.65. The Morgan fingerprint density at radius 1 is 1.04 bits per heavy atom. The zero-order chi connectivity index (χ0) is 18.1. The molecule has 0 saturated heterocycles. The van der Waals surface area contributed by atoms with Gasteiger partial charge in [0, 0.05) is 21.8 Å². The molecule has 1 amide bonds. The van der Waals surface area contributed by atoms with E-state index < -0.39 is 0 Å². The van der Waals surface area contributed by atoms with Gasteiger partial charge in [-0.05, 0) is 55.0 Å². The van der Waals surface area contributed by atoms with Crippen LogP contribution >= 0.6 is 11.6 Å². The summed E-state index contributed by atoms with van der Waals surface area (Å²) < 4.78 is 0. The Morgan fingerprint density at radius 3 is 2.62 bits per heavy atom. The fourth-order valence-electron chi connectivity index (χ4n) is 2.81. The van der Waals surface area contributed by atoms with E-state index in [1.807, 2.05) is 31.2 Å². The summed E-state index contributed by atoms with van der Waals surface area (Å²) in [6.07, 6.45) is 0. The molecule has 0 bridgehead atoms. The molecule has 0 unspecified atom stereocenters. The van der Waals surface area contributed by atoms with Crippen LogP contribution in [0.25, 0.3) is 22.4 Å². The number of aromatic amines is 1. The van der Waals surface area contributed by atoms with E-state index >= 15 is 0 Å². The number of carbonyl (C=O) groups is 1. The molecule has 4 nitrogen and oxygen atoms in total. The molecule has 4 aromatic rings. The molecule has 1 aromatic heterocycles. The van der Waals surface area contributed by atoms with E-state index in [0.717, 1.165) is 22.4 Å². The number of aromatic nitrogens is 2. The molecule has 1 heterocycles. The lowest BCUT2D eigenvalue weighted by Gasteiger charge is -2.06. The molecule has 128 valence electrons. The second-order valence-corrected chi connectivity index (χ2v) is 6.58. The maximum absolute atomic E-state index is 12.4. The number of nitrogens with one attached hydrogen (secondary N) is 2. The summed E-state index contributed by atoms with van der Waals surface area (Å²) in [6.45, 7) is 2.05. The Labute approximate surface area is 155 Å². The van der Waals surface area contributed by atoms with Crippen molar-refractivity contribution < 1.29 is 4.79 Å². The first-order valence-corrected chi connectivity index (χ1v) is 8.60. The largest absolute Gasteiger partial charge is 0.338 e. The first-order valence-electron chi connectivity index (χ1n) is 8.22. The van der Waals surface area contributed by atoms with Crippen molar-refractivity contribution in [2.45, 2.75) is 6.92 Å². The minimum atomic E-state index is -0.181. The molecule has 0 saturated carbocycles. The number of aryl methyl sites for hydroxylation is 1. The highest BCUT2D eigenvalue weighted by molar-refractivity contribution is 6.31. The highest BCUT2D eigenvalue weighted by Gasteiger charge is 2.09. The summed E-state index contributed by atoms with van der Waals surface area (Å²) in [7, 11) is 0. The summed E-state index contributed by atoms with van der Waals surface area (Å²) in [5, 5.41) is 3.42. The van der Waals surface area contributed by atoms with Crippen molar-refractivity contribution in [3.63, 3.8) is 0 Å². The van der Waals surface area contributed by atoms with Crippen molar-refractivity contribution in [1.29, 1.82) is 0 Å². The molecular formula is C21H16ClN3O. The van der Waals surface area contributed by atoms with Gasteiger partial charge in [0.05, 0.1) is 11.0 Å². The molecule has 0 fully saturated rings. The molecule has 3 aromatic carbocycles. The first-order chi connectivity index (χ1) is 12.6. The minimum Gasteiger partial charge on any atom is -0.338 e. The van der Waals surface area contributed by atoms with E-state index in [2.05, 4.69) is 21.4 Å². The third-order valence-electron chi connectivity index (χ3n) is 4.14. The molecule has 0 aliphatic heterocycles. The normalized spacial score (nSPS) is 10.8. The molecule has 0 aliphatic rings. The number of halogens is 1. The van der Waals surface area contributed by atoms with Crippen LogP contribution in [0.15, 0.2) is 66.7 Å². The van der Waals surface area contributed by atoms with Crippen LogP contribution in [0, 0.1) is 6.92 Å². The monoisotopic (exact) mass is 361 g/mol. The lowest BCUT2D eigenvalue weighted by molar-refractivity contribution is 0.102. The highest BCUT2D eigenvalue weighted by Crippen LogP contribution is 2.22. The summed E-state index contributed by atoms with van der Waals surface area (Å²) in [5.41, 5.74) is 5.27. The molecule has 0 atom stereocenters. The zero-order valence-corrected chi connectivity index (χ0v) is 14.8. The predicted molar refractivity (Wildman–Crippen MR) is 106 cm³/mol. The van der Waals surface area contributed by atoms with Gasteiger partial charge >= 0.3 is 0 Å². The Bertz CT molecular complexity index is 1100. The fourth-order valence-corrected chi connectivity index (χ4v) is 3.00. The van der Waals surface area contributed by atoms with Gasteiger partial charge in [-0.15, -0.1) is 0 Å². The number of H-pyrrole nitrogens is 1. The van der Waals surface area contributed by atoms with Crippen LogP contribution in [0.2, 0.25) is 5.02 Å². The maximum Gasteiger partial charge on any atom is 0.255 e. The molecule has 2 N–H and O–H groups in total. The van der Waals surface area contributed by atoms with Gasteiger partial charge in [0.25, 0.3) is 5.91 Å². The SMILES string of the molecule is Cc1ccc2nc(-c3ccc(C(=O)Nc4cccc(Cl)c4)cc3)[nH]c2c1. The standard InChI is InChI=1S/C21H16ClN3O/c1-13-5-10-18-19(11-13)25-20(24-18)14-6-8-15(9-7-14)21(26)23-17-4-2-3-16(22)12-17/h2-12H,1H3,(H,23,26)(H,24,25). The number of anilines is 1. The van der Waals surface area contributed by atoms with Crippen molar-refractivity contribution in [2.24, 2.45) is 0 Å². The second-order valence-electron chi connectivity index (χ2n) is 6.15. The van der Waals surface area contributed by atoms with E-state index in [-0.39, 0.29) is 5.91 Å². The summed E-state index contributed by atoms with van der Waals surface area (Å²) >= 11 is 5.94. The van der Waals surface area contributed by atoms with E-state index in [0.29, 0.717) is 16.3 Å². The predicted octanol–water partition coefficient (Wildman–Crippen LogP) is 5.44. The van der Waals surface area contributed by atoms with E-state index in [4.69, 9.17) is 11.6 Å². The van der Waals surface area contributed by atoms with Gasteiger partial charge in [-0.2, -0.15) is 0 Å². The zero-order valence-electron chi connectivity index (χ0n) is 14.1. The van der Waals surface area contributed by atoms with Gasteiger partial charge < -0.3 is 10.3 Å². The van der Waals surface area contributed by atoms with Crippen molar-refractivity contribution in [1.82, 2.24) is 9.97 Å². The Hall–Kier alpha value is -3.11. The van der Waals surface area contributed by atoms with Crippen LogP contribution in [0.3, 0.4) is 0 Å². The molecule has 0 aliphatic carbocycles. The van der Waals surface area contributed by atoms with Gasteiger partial charge in [-0.3, -0.25) is 4.79 Å². The molecular weight excluding hydrogens is 346 g/mol. The lowest BCUT2D eigenvalue weighted by atomic mass is 10.1. The molecule has 0 radical (unpaired) electrons. The number of imidazole rings is 1. The summed E-state index contributed by atoms with van der Waals surface area (Å²) in [4.78, 5) is 20.3. The van der Waals surface area contributed by atoms with Crippen LogP contribution < -0.4 is 5.32 Å². The topological polar surface area (TPSA) is 57.8 Å². The quantitative estimate of drug-likeness (QED) is 0.510. The highest BCUT2D eigenvalue weighted by atomic mass is 35.5. The first kappa shape index (κ1) is 16.4. The van der Waals surface area contributed by atoms with Crippen LogP contribution in [0.1, 0.15) is 15.9 Å². The lowest BCUT2D eigenvalue weighted by Crippen LogP contribution is -2.11. The number of rotatable bonds is 3. The van der Waals surface area contributed by atoms with Gasteiger partial charge in [-0.25, -0.2) is 4.98 Å². The molecule has 5 heteroatoms.